The molecule has 9 nitrogen and oxygen atoms in total. The molecule has 4 rings (SSSR count). The molecular weight excluding hydrogens is 446 g/mol. The van der Waals surface area contributed by atoms with E-state index >= 15 is 0 Å². The highest BCUT2D eigenvalue weighted by molar-refractivity contribution is 6.12. The zero-order valence-electron chi connectivity index (χ0n) is 20.5. The second-order valence-electron chi connectivity index (χ2n) is 10.5. The lowest BCUT2D eigenvalue weighted by molar-refractivity contribution is -0.127. The third-order valence-corrected chi connectivity index (χ3v) is 6.52. The van der Waals surface area contributed by atoms with Crippen LogP contribution in [-0.4, -0.2) is 40.7 Å². The van der Waals surface area contributed by atoms with E-state index in [2.05, 4.69) is 21.7 Å². The maximum absolute atomic E-state index is 13.5. The van der Waals surface area contributed by atoms with Crippen molar-refractivity contribution >= 4 is 34.6 Å². The van der Waals surface area contributed by atoms with E-state index < -0.39 is 35.7 Å². The summed E-state index contributed by atoms with van der Waals surface area (Å²) in [4.78, 5) is 43.8. The van der Waals surface area contributed by atoms with Crippen LogP contribution in [0.25, 0.3) is 10.9 Å². The number of nitriles is 1. The first-order valence-electron chi connectivity index (χ1n) is 12.3. The summed E-state index contributed by atoms with van der Waals surface area (Å²) in [7, 11) is 0. The predicted octanol–water partition coefficient (Wildman–Crippen LogP) is 4.60. The molecule has 4 amide bonds. The van der Waals surface area contributed by atoms with Crippen molar-refractivity contribution < 1.29 is 19.1 Å². The lowest BCUT2D eigenvalue weighted by Crippen LogP contribution is -2.55. The Morgan fingerprint density at radius 1 is 1.14 bits per heavy atom. The highest BCUT2D eigenvalue weighted by Gasteiger charge is 2.38. The van der Waals surface area contributed by atoms with Gasteiger partial charge in [-0.25, -0.2) is 9.59 Å². The number of carbonyl (C=O) groups is 3. The Kier molecular flexibility index (Phi) is 7.01. The van der Waals surface area contributed by atoms with Crippen molar-refractivity contribution in [2.24, 2.45) is 11.8 Å². The summed E-state index contributed by atoms with van der Waals surface area (Å²) in [5.74, 6) is -0.465. The topological polar surface area (TPSA) is 127 Å². The van der Waals surface area contributed by atoms with Crippen LogP contribution >= 0.6 is 0 Å². The molecule has 2 saturated carbocycles. The molecule has 0 aliphatic heterocycles. The number of anilines is 1. The normalized spacial score (nSPS) is 21.0. The molecule has 186 valence electrons. The Balaban J connectivity index is 1.54. The number of urea groups is 1. The zero-order valence-corrected chi connectivity index (χ0v) is 20.5. The fraction of sp³-hybridized carbons (Fsp3) is 0.538. The summed E-state index contributed by atoms with van der Waals surface area (Å²) < 4.78 is 5.54. The molecule has 2 aromatic rings. The van der Waals surface area contributed by atoms with E-state index in [1.807, 2.05) is 6.07 Å². The maximum Gasteiger partial charge on any atom is 0.423 e. The minimum Gasteiger partial charge on any atom is -0.443 e. The number of imide groups is 1. The Morgan fingerprint density at radius 3 is 2.57 bits per heavy atom. The van der Waals surface area contributed by atoms with Crippen molar-refractivity contribution in [2.45, 2.75) is 77.0 Å². The number of fused-ring (bicyclic) bond motifs is 1. The van der Waals surface area contributed by atoms with E-state index in [4.69, 9.17) is 4.74 Å². The van der Waals surface area contributed by atoms with Gasteiger partial charge in [0.05, 0.1) is 17.7 Å². The number of hydrogen-bond acceptors (Lipinski definition) is 5. The Hall–Kier alpha value is -3.54. The summed E-state index contributed by atoms with van der Waals surface area (Å²) in [5, 5.41) is 16.1. The second kappa shape index (κ2) is 9.98. The average Bonchev–Trinajstić information content (AvgIpc) is 3.53. The number of nitrogens with one attached hydrogen (secondary N) is 3. The Morgan fingerprint density at radius 2 is 1.89 bits per heavy atom. The van der Waals surface area contributed by atoms with Gasteiger partial charge in [0.1, 0.15) is 11.6 Å². The van der Waals surface area contributed by atoms with Gasteiger partial charge in [-0.2, -0.15) is 10.2 Å². The number of amides is 4. The maximum atomic E-state index is 13.5. The standard InChI is InChI=1S/C26H33N5O4/c1-26(2,3)35-25(34)31(18-10-11-20-17(14-18)12-13-28-20)24(33)30-21-7-5-4-6-19(21)23(32)29-22(15-27)16-8-9-16/h10-14,16,19,21-22,28H,4-9H2,1-3H3,(H,29,32)(H,30,33)/t19-,21+,22-/m1/s1. The summed E-state index contributed by atoms with van der Waals surface area (Å²) in [6.45, 7) is 5.22. The van der Waals surface area contributed by atoms with E-state index in [0.29, 0.717) is 18.5 Å². The molecule has 0 radical (unpaired) electrons. The van der Waals surface area contributed by atoms with E-state index in [9.17, 15) is 19.6 Å². The van der Waals surface area contributed by atoms with Crippen LogP contribution in [0.15, 0.2) is 30.5 Å². The third kappa shape index (κ3) is 5.94. The molecule has 0 unspecified atom stereocenters. The number of carbonyl (C=O) groups excluding carboxylic acids is 3. The van der Waals surface area contributed by atoms with Gasteiger partial charge in [0.15, 0.2) is 0 Å². The van der Waals surface area contributed by atoms with Crippen LogP contribution < -0.4 is 15.5 Å². The van der Waals surface area contributed by atoms with Crippen LogP contribution in [0.2, 0.25) is 0 Å². The molecule has 1 aromatic heterocycles. The third-order valence-electron chi connectivity index (χ3n) is 6.52. The zero-order chi connectivity index (χ0) is 25.2. The number of aromatic amines is 1. The number of benzene rings is 1. The van der Waals surface area contributed by atoms with E-state index in [1.165, 1.54) is 0 Å². The second-order valence-corrected chi connectivity index (χ2v) is 10.5. The SMILES string of the molecule is CC(C)(C)OC(=O)N(C(=O)N[C@H]1CCCC[C@H]1C(=O)N[C@H](C#N)C1CC1)c1ccc2[nH]ccc2c1. The summed E-state index contributed by atoms with van der Waals surface area (Å²) in [6, 6.07) is 7.68. The lowest BCUT2D eigenvalue weighted by atomic mass is 9.83. The number of nitrogens with zero attached hydrogens (tertiary/aromatic N) is 2. The largest absolute Gasteiger partial charge is 0.443 e. The smallest absolute Gasteiger partial charge is 0.423 e. The molecule has 2 aliphatic carbocycles. The van der Waals surface area contributed by atoms with E-state index in [1.54, 1.807) is 45.2 Å². The average molecular weight is 480 g/mol. The molecule has 3 atom stereocenters. The molecule has 9 heteroatoms. The Labute approximate surface area is 205 Å². The van der Waals surface area contributed by atoms with Crippen LogP contribution in [0.4, 0.5) is 15.3 Å². The first kappa shape index (κ1) is 24.6. The fourth-order valence-electron chi connectivity index (χ4n) is 4.58. The van der Waals surface area contributed by atoms with Crippen molar-refractivity contribution in [1.82, 2.24) is 15.6 Å². The number of rotatable bonds is 5. The van der Waals surface area contributed by atoms with E-state index in [0.717, 1.165) is 41.5 Å². The first-order chi connectivity index (χ1) is 16.7. The number of aromatic nitrogens is 1. The van der Waals surface area contributed by atoms with Crippen LogP contribution in [0, 0.1) is 23.2 Å². The molecule has 0 spiro atoms. The highest BCUT2D eigenvalue weighted by atomic mass is 16.6. The van der Waals surface area contributed by atoms with Gasteiger partial charge in [0.2, 0.25) is 5.91 Å². The molecule has 35 heavy (non-hydrogen) atoms. The quantitative estimate of drug-likeness (QED) is 0.578. The number of H-pyrrole nitrogens is 1. The van der Waals surface area contributed by atoms with Gasteiger partial charge in [-0.15, -0.1) is 0 Å². The van der Waals surface area contributed by atoms with E-state index in [-0.39, 0.29) is 11.8 Å². The van der Waals surface area contributed by atoms with Gasteiger partial charge in [-0.3, -0.25) is 4.79 Å². The Bertz CT molecular complexity index is 1140. The monoisotopic (exact) mass is 479 g/mol. The molecule has 0 saturated heterocycles. The number of ether oxygens (including phenoxy) is 1. The van der Waals surface area contributed by atoms with Crippen LogP contribution in [-0.2, 0) is 9.53 Å². The first-order valence-corrected chi connectivity index (χ1v) is 12.3. The molecule has 2 fully saturated rings. The molecule has 2 aliphatic rings. The highest BCUT2D eigenvalue weighted by Crippen LogP contribution is 2.33. The molecule has 3 N–H and O–H groups in total. The van der Waals surface area contributed by atoms with Gasteiger partial charge in [-0.1, -0.05) is 12.8 Å². The fourth-order valence-corrected chi connectivity index (χ4v) is 4.58. The van der Waals surface area contributed by atoms with Crippen molar-refractivity contribution in [2.75, 3.05) is 4.90 Å². The van der Waals surface area contributed by atoms with Gasteiger partial charge in [0.25, 0.3) is 0 Å². The van der Waals surface area contributed by atoms with Gasteiger partial charge in [-0.05, 0) is 76.6 Å². The number of hydrogen-bond donors (Lipinski definition) is 3. The lowest BCUT2D eigenvalue weighted by Gasteiger charge is -2.33. The molecule has 1 heterocycles. The van der Waals surface area contributed by atoms with Crippen molar-refractivity contribution in [3.63, 3.8) is 0 Å². The van der Waals surface area contributed by atoms with Gasteiger partial charge in [0, 0.05) is 23.1 Å². The van der Waals surface area contributed by atoms with Gasteiger partial charge >= 0.3 is 12.1 Å². The van der Waals surface area contributed by atoms with Crippen molar-refractivity contribution in [1.29, 1.82) is 5.26 Å². The molecule has 0 bridgehead atoms. The minimum atomic E-state index is -0.795. The van der Waals surface area contributed by atoms with Gasteiger partial charge < -0.3 is 20.4 Å². The van der Waals surface area contributed by atoms with Crippen molar-refractivity contribution in [3.8, 4) is 6.07 Å². The van der Waals surface area contributed by atoms with Crippen LogP contribution in [0.5, 0.6) is 0 Å². The summed E-state index contributed by atoms with van der Waals surface area (Å²) in [6.07, 6.45) is 5.84. The summed E-state index contributed by atoms with van der Waals surface area (Å²) in [5.41, 5.74) is 0.458. The van der Waals surface area contributed by atoms with Crippen molar-refractivity contribution in [3.05, 3.63) is 30.5 Å². The van der Waals surface area contributed by atoms with Crippen LogP contribution in [0.3, 0.4) is 0 Å². The molecular formula is C26H33N5O4. The molecule has 1 aromatic carbocycles. The van der Waals surface area contributed by atoms with Crippen LogP contribution in [0.1, 0.15) is 59.3 Å². The minimum absolute atomic E-state index is 0.214. The summed E-state index contributed by atoms with van der Waals surface area (Å²) >= 11 is 0. The predicted molar refractivity (Wildman–Crippen MR) is 132 cm³/mol.